The summed E-state index contributed by atoms with van der Waals surface area (Å²) >= 11 is 0. The molecule has 0 aliphatic rings. The highest BCUT2D eigenvalue weighted by atomic mass is 32.2. The minimum absolute atomic E-state index is 0.0612. The van der Waals surface area contributed by atoms with Crippen LogP contribution in [0.3, 0.4) is 0 Å². The third-order valence-electron chi connectivity index (χ3n) is 5.00. The molecule has 174 valence electrons. The summed E-state index contributed by atoms with van der Waals surface area (Å²) in [6.07, 6.45) is 2.97. The van der Waals surface area contributed by atoms with Crippen LogP contribution < -0.4 is 15.5 Å². The van der Waals surface area contributed by atoms with Crippen molar-refractivity contribution in [2.24, 2.45) is 0 Å². The van der Waals surface area contributed by atoms with Crippen LogP contribution in [0.25, 0.3) is 10.9 Å². The minimum Gasteiger partial charge on any atom is -0.493 e. The minimum atomic E-state index is -3.32. The molecule has 0 saturated heterocycles. The number of para-hydroxylation sites is 1. The van der Waals surface area contributed by atoms with E-state index in [1.807, 2.05) is 0 Å². The molecular weight excluding hydrogens is 446 g/mol. The standard InChI is InChI=1S/C23H25N3O6S/c1-26(11-6-12-32-16-7-5-8-17(13-16)33(2,30)31)21(27)15-25-23(29)19-14-24-20-10-4-3-9-18(20)22(19)28/h3-5,7-10,13-14H,6,11-12,15H2,1-2H3,(H,24,28)(H,25,29). The van der Waals surface area contributed by atoms with Gasteiger partial charge in [0.25, 0.3) is 5.91 Å². The zero-order valence-corrected chi connectivity index (χ0v) is 19.1. The highest BCUT2D eigenvalue weighted by molar-refractivity contribution is 7.90. The lowest BCUT2D eigenvalue weighted by Crippen LogP contribution is -2.40. The van der Waals surface area contributed by atoms with Crippen LogP contribution in [0, 0.1) is 0 Å². The van der Waals surface area contributed by atoms with Crippen LogP contribution in [-0.4, -0.2) is 63.1 Å². The van der Waals surface area contributed by atoms with Crippen molar-refractivity contribution >= 4 is 32.6 Å². The fourth-order valence-corrected chi connectivity index (χ4v) is 3.79. The van der Waals surface area contributed by atoms with Gasteiger partial charge >= 0.3 is 0 Å². The van der Waals surface area contributed by atoms with Gasteiger partial charge in [-0.2, -0.15) is 0 Å². The summed E-state index contributed by atoms with van der Waals surface area (Å²) < 4.78 is 28.8. The first kappa shape index (κ1) is 24.0. The molecule has 0 fully saturated rings. The summed E-state index contributed by atoms with van der Waals surface area (Å²) in [7, 11) is -1.72. The third kappa shape index (κ3) is 6.19. The predicted octanol–water partition coefficient (Wildman–Crippen LogP) is 1.59. The number of carbonyl (C=O) groups is 2. The van der Waals surface area contributed by atoms with E-state index in [9.17, 15) is 22.8 Å². The number of carbonyl (C=O) groups excluding carboxylic acids is 2. The van der Waals surface area contributed by atoms with Crippen LogP contribution in [-0.2, 0) is 14.6 Å². The summed E-state index contributed by atoms with van der Waals surface area (Å²) in [5.74, 6) is -0.516. The van der Waals surface area contributed by atoms with E-state index in [4.69, 9.17) is 4.74 Å². The molecule has 0 atom stereocenters. The summed E-state index contributed by atoms with van der Waals surface area (Å²) in [5, 5.41) is 2.88. The maximum Gasteiger partial charge on any atom is 0.257 e. The predicted molar refractivity (Wildman–Crippen MR) is 124 cm³/mol. The molecule has 1 heterocycles. The van der Waals surface area contributed by atoms with Gasteiger partial charge < -0.3 is 19.9 Å². The Morgan fingerprint density at radius 3 is 2.64 bits per heavy atom. The molecule has 1 aromatic heterocycles. The van der Waals surface area contributed by atoms with Crippen LogP contribution in [0.15, 0.2) is 64.4 Å². The molecule has 2 amide bonds. The summed E-state index contributed by atoms with van der Waals surface area (Å²) in [6.45, 7) is 0.402. The number of rotatable bonds is 9. The smallest absolute Gasteiger partial charge is 0.257 e. The molecule has 0 aliphatic heterocycles. The molecule has 2 aromatic carbocycles. The van der Waals surface area contributed by atoms with Crippen molar-refractivity contribution in [3.63, 3.8) is 0 Å². The summed E-state index contributed by atoms with van der Waals surface area (Å²) in [4.78, 5) is 41.7. The molecule has 2 N–H and O–H groups in total. The maximum absolute atomic E-state index is 12.5. The van der Waals surface area contributed by atoms with Crippen molar-refractivity contribution in [3.05, 3.63) is 70.5 Å². The fraction of sp³-hybridized carbons (Fsp3) is 0.261. The van der Waals surface area contributed by atoms with Crippen molar-refractivity contribution in [2.45, 2.75) is 11.3 Å². The quantitative estimate of drug-likeness (QED) is 0.457. The number of fused-ring (bicyclic) bond motifs is 1. The van der Waals surface area contributed by atoms with Gasteiger partial charge in [-0.3, -0.25) is 14.4 Å². The molecule has 0 unspecified atom stereocenters. The van der Waals surface area contributed by atoms with Gasteiger partial charge in [-0.25, -0.2) is 8.42 Å². The molecule has 3 aromatic rings. The molecular formula is C23H25N3O6S. The van der Waals surface area contributed by atoms with Gasteiger partial charge in [0.2, 0.25) is 11.3 Å². The fourth-order valence-electron chi connectivity index (χ4n) is 3.13. The van der Waals surface area contributed by atoms with Gasteiger partial charge in [0.1, 0.15) is 11.3 Å². The second kappa shape index (κ2) is 10.3. The number of pyridine rings is 1. The zero-order chi connectivity index (χ0) is 24.0. The van der Waals surface area contributed by atoms with E-state index >= 15 is 0 Å². The Bertz CT molecular complexity index is 1330. The highest BCUT2D eigenvalue weighted by Crippen LogP contribution is 2.17. The number of sulfone groups is 1. The topological polar surface area (TPSA) is 126 Å². The molecule has 9 nitrogen and oxygen atoms in total. The van der Waals surface area contributed by atoms with E-state index in [0.717, 1.165) is 6.26 Å². The highest BCUT2D eigenvalue weighted by Gasteiger charge is 2.15. The van der Waals surface area contributed by atoms with Gasteiger partial charge in [0.15, 0.2) is 9.84 Å². The lowest BCUT2D eigenvalue weighted by atomic mass is 10.1. The summed E-state index contributed by atoms with van der Waals surface area (Å²) in [5.41, 5.74) is 0.161. The largest absolute Gasteiger partial charge is 0.493 e. The molecule has 3 rings (SSSR count). The van der Waals surface area contributed by atoms with E-state index in [1.165, 1.54) is 23.2 Å². The van der Waals surface area contributed by atoms with E-state index in [0.29, 0.717) is 29.6 Å². The number of likely N-dealkylation sites (N-methyl/N-ethyl adjacent to an activating group) is 1. The number of benzene rings is 2. The number of aromatic nitrogens is 1. The van der Waals surface area contributed by atoms with Crippen molar-refractivity contribution < 1.29 is 22.7 Å². The van der Waals surface area contributed by atoms with Crippen molar-refractivity contribution in [2.75, 3.05) is 33.0 Å². The number of H-pyrrole nitrogens is 1. The number of hydrogen-bond acceptors (Lipinski definition) is 6. The van der Waals surface area contributed by atoms with Crippen LogP contribution in [0.2, 0.25) is 0 Å². The van der Waals surface area contributed by atoms with Gasteiger partial charge in [-0.15, -0.1) is 0 Å². The van der Waals surface area contributed by atoms with Crippen LogP contribution in [0.1, 0.15) is 16.8 Å². The van der Waals surface area contributed by atoms with Gasteiger partial charge in [0.05, 0.1) is 18.0 Å². The normalized spacial score (nSPS) is 11.2. The number of hydrogen-bond donors (Lipinski definition) is 2. The number of nitrogens with one attached hydrogen (secondary N) is 2. The molecule has 10 heteroatoms. The van der Waals surface area contributed by atoms with E-state index in [1.54, 1.807) is 43.4 Å². The second-order valence-corrected chi connectivity index (χ2v) is 9.54. The van der Waals surface area contributed by atoms with E-state index < -0.39 is 21.2 Å². The van der Waals surface area contributed by atoms with Crippen LogP contribution in [0.4, 0.5) is 0 Å². The lowest BCUT2D eigenvalue weighted by molar-refractivity contribution is -0.128. The first-order chi connectivity index (χ1) is 15.7. The Balaban J connectivity index is 1.46. The van der Waals surface area contributed by atoms with Crippen molar-refractivity contribution in [3.8, 4) is 5.75 Å². The Morgan fingerprint density at radius 2 is 1.88 bits per heavy atom. The van der Waals surface area contributed by atoms with Crippen molar-refractivity contribution in [1.29, 1.82) is 0 Å². The van der Waals surface area contributed by atoms with Gasteiger partial charge in [-0.1, -0.05) is 18.2 Å². The Labute approximate surface area is 191 Å². The van der Waals surface area contributed by atoms with Gasteiger partial charge in [0, 0.05) is 36.9 Å². The number of amides is 2. The maximum atomic E-state index is 12.5. The molecule has 0 saturated carbocycles. The van der Waals surface area contributed by atoms with Crippen LogP contribution >= 0.6 is 0 Å². The first-order valence-electron chi connectivity index (χ1n) is 10.2. The molecule has 0 aliphatic carbocycles. The number of aromatic amines is 1. The number of ether oxygens (including phenoxy) is 1. The SMILES string of the molecule is CN(CCCOc1cccc(S(C)(=O)=O)c1)C(=O)CNC(=O)c1c[nH]c2ccccc2c1=O. The average Bonchev–Trinajstić information content (AvgIpc) is 2.80. The third-order valence-corrected chi connectivity index (χ3v) is 6.11. The Kier molecular flexibility index (Phi) is 7.49. The molecule has 33 heavy (non-hydrogen) atoms. The van der Waals surface area contributed by atoms with Gasteiger partial charge in [-0.05, 0) is 36.8 Å². The number of nitrogens with zero attached hydrogens (tertiary/aromatic N) is 1. The Hall–Kier alpha value is -3.66. The first-order valence-corrected chi connectivity index (χ1v) is 12.1. The summed E-state index contributed by atoms with van der Waals surface area (Å²) in [6, 6.07) is 13.1. The van der Waals surface area contributed by atoms with E-state index in [-0.39, 0.29) is 29.5 Å². The molecule has 0 radical (unpaired) electrons. The van der Waals surface area contributed by atoms with Crippen molar-refractivity contribution in [1.82, 2.24) is 15.2 Å². The van der Waals surface area contributed by atoms with Crippen LogP contribution in [0.5, 0.6) is 5.75 Å². The Morgan fingerprint density at radius 1 is 1.12 bits per heavy atom. The lowest BCUT2D eigenvalue weighted by Gasteiger charge is -2.17. The molecule has 0 spiro atoms. The average molecular weight is 472 g/mol. The zero-order valence-electron chi connectivity index (χ0n) is 18.3. The monoisotopic (exact) mass is 471 g/mol. The molecule has 0 bridgehead atoms. The second-order valence-electron chi connectivity index (χ2n) is 7.52. The van der Waals surface area contributed by atoms with E-state index in [2.05, 4.69) is 10.3 Å².